The monoisotopic (exact) mass is 380 g/mol. The number of ether oxygens (including phenoxy) is 2. The summed E-state index contributed by atoms with van der Waals surface area (Å²) in [7, 11) is 1.21. The van der Waals surface area contributed by atoms with Crippen molar-refractivity contribution in [1.29, 1.82) is 0 Å². The molecule has 0 amide bonds. The summed E-state index contributed by atoms with van der Waals surface area (Å²) in [4.78, 5) is 7.91. The molecule has 9 heteroatoms. The van der Waals surface area contributed by atoms with Crippen molar-refractivity contribution in [2.75, 3.05) is 7.11 Å². The third kappa shape index (κ3) is 4.08. The maximum Gasteiger partial charge on any atom is 0.573 e. The Hall–Kier alpha value is -3.36. The largest absolute Gasteiger partial charge is 0.573 e. The van der Waals surface area contributed by atoms with Crippen molar-refractivity contribution in [3.8, 4) is 28.4 Å². The van der Waals surface area contributed by atoms with Gasteiger partial charge in [0.25, 0.3) is 0 Å². The van der Waals surface area contributed by atoms with Crippen molar-refractivity contribution in [3.05, 3.63) is 47.5 Å². The van der Waals surface area contributed by atoms with Crippen LogP contribution in [0.2, 0.25) is 0 Å². The van der Waals surface area contributed by atoms with Gasteiger partial charge in [0.05, 0.1) is 7.11 Å². The molecule has 1 N–H and O–H groups in total. The normalized spacial score (nSPS) is 13.1. The molecule has 0 radical (unpaired) electrons. The molecule has 0 fully saturated rings. The molecule has 140 valence electrons. The summed E-state index contributed by atoms with van der Waals surface area (Å²) in [5.41, 5.74) is 0.577. The number of rotatable bonds is 4. The van der Waals surface area contributed by atoms with Gasteiger partial charge < -0.3 is 14.6 Å². The number of aliphatic imine (C=N–C) groups is 2. The Balaban J connectivity index is 2.20. The third-order valence-corrected chi connectivity index (χ3v) is 3.56. The lowest BCUT2D eigenvalue weighted by Crippen LogP contribution is -2.17. The third-order valence-electron chi connectivity index (χ3n) is 3.56. The molecule has 27 heavy (non-hydrogen) atoms. The van der Waals surface area contributed by atoms with Crippen LogP contribution in [0.5, 0.6) is 17.2 Å². The summed E-state index contributed by atoms with van der Waals surface area (Å²) in [6.07, 6.45) is -0.599. The fourth-order valence-electron chi connectivity index (χ4n) is 2.56. The van der Waals surface area contributed by atoms with Crippen molar-refractivity contribution in [3.63, 3.8) is 0 Å². The molecule has 3 rings (SSSR count). The van der Waals surface area contributed by atoms with Crippen LogP contribution in [0, 0.1) is 5.82 Å². The summed E-state index contributed by atoms with van der Waals surface area (Å²) in [5.74, 6) is -2.18. The highest BCUT2D eigenvalue weighted by Gasteiger charge is 2.31. The second-order valence-electron chi connectivity index (χ2n) is 5.34. The van der Waals surface area contributed by atoms with Crippen molar-refractivity contribution >= 4 is 18.5 Å². The molecule has 0 atom stereocenters. The van der Waals surface area contributed by atoms with E-state index in [0.717, 1.165) is 18.2 Å². The van der Waals surface area contributed by atoms with Gasteiger partial charge in [-0.3, -0.25) is 0 Å². The molecule has 2 aromatic rings. The molecule has 0 bridgehead atoms. The van der Waals surface area contributed by atoms with Crippen LogP contribution >= 0.6 is 0 Å². The number of benzene rings is 2. The lowest BCUT2D eigenvalue weighted by atomic mass is 9.97. The van der Waals surface area contributed by atoms with Gasteiger partial charge in [0.1, 0.15) is 5.75 Å². The topological polar surface area (TPSA) is 63.4 Å². The summed E-state index contributed by atoms with van der Waals surface area (Å²) in [6.45, 7) is 0. The molecule has 0 spiro atoms. The van der Waals surface area contributed by atoms with Crippen LogP contribution in [0.4, 0.5) is 17.6 Å². The summed E-state index contributed by atoms with van der Waals surface area (Å²) in [5, 5.41) is 9.99. The van der Waals surface area contributed by atoms with Crippen LogP contribution < -0.4 is 9.47 Å². The Labute approximate surface area is 150 Å². The molecule has 0 aromatic heterocycles. The van der Waals surface area contributed by atoms with Crippen LogP contribution in [-0.4, -0.2) is 31.0 Å². The van der Waals surface area contributed by atoms with Crippen molar-refractivity contribution in [1.82, 2.24) is 0 Å². The quantitative estimate of drug-likeness (QED) is 0.791. The number of hydrogen-bond donors (Lipinski definition) is 1. The predicted octanol–water partition coefficient (Wildman–Crippen LogP) is 4.56. The number of hydrogen-bond acceptors (Lipinski definition) is 5. The van der Waals surface area contributed by atoms with Gasteiger partial charge in [-0.25, -0.2) is 14.4 Å². The second kappa shape index (κ2) is 7.10. The molecular weight excluding hydrogens is 368 g/mol. The highest BCUT2D eigenvalue weighted by Crippen LogP contribution is 2.43. The van der Waals surface area contributed by atoms with Gasteiger partial charge in [0, 0.05) is 18.0 Å². The van der Waals surface area contributed by atoms with Crippen molar-refractivity contribution in [2.45, 2.75) is 6.36 Å². The Morgan fingerprint density at radius 2 is 1.81 bits per heavy atom. The molecule has 1 aliphatic rings. The van der Waals surface area contributed by atoms with E-state index in [1.807, 2.05) is 0 Å². The summed E-state index contributed by atoms with van der Waals surface area (Å²) >= 11 is 0. The zero-order valence-electron chi connectivity index (χ0n) is 13.8. The number of phenolic OH excluding ortho intramolecular Hbond substituents is 1. The highest BCUT2D eigenvalue weighted by molar-refractivity contribution is 6.18. The Bertz CT molecular complexity index is 952. The van der Waals surface area contributed by atoms with E-state index in [2.05, 4.69) is 14.7 Å². The van der Waals surface area contributed by atoms with E-state index >= 15 is 0 Å². The smallest absolute Gasteiger partial charge is 0.502 e. The Morgan fingerprint density at radius 1 is 1.11 bits per heavy atom. The van der Waals surface area contributed by atoms with Gasteiger partial charge in [0.15, 0.2) is 23.1 Å². The van der Waals surface area contributed by atoms with E-state index in [4.69, 9.17) is 4.74 Å². The minimum Gasteiger partial charge on any atom is -0.502 e. The number of methoxy groups -OCH3 is 1. The maximum atomic E-state index is 14.1. The molecule has 1 heterocycles. The molecule has 2 aromatic carbocycles. The van der Waals surface area contributed by atoms with Crippen LogP contribution in [0.25, 0.3) is 17.2 Å². The van der Waals surface area contributed by atoms with E-state index in [9.17, 15) is 22.7 Å². The molecule has 1 aliphatic heterocycles. The first-order chi connectivity index (χ1) is 12.8. The van der Waals surface area contributed by atoms with Crippen molar-refractivity contribution in [2.24, 2.45) is 9.98 Å². The Kier molecular flexibility index (Phi) is 4.85. The van der Waals surface area contributed by atoms with Crippen LogP contribution in [0.1, 0.15) is 5.56 Å². The van der Waals surface area contributed by atoms with Gasteiger partial charge in [-0.05, 0) is 35.4 Å². The minimum atomic E-state index is -4.87. The van der Waals surface area contributed by atoms with Crippen LogP contribution in [0.3, 0.4) is 0 Å². The maximum absolute atomic E-state index is 14.1. The predicted molar refractivity (Wildman–Crippen MR) is 91.7 cm³/mol. The summed E-state index contributed by atoms with van der Waals surface area (Å²) < 4.78 is 60.6. The SMILES string of the molecule is COc1c(O)c(F)cc(C=C2N=CC=N2)c1-c1cccc(OC(F)(F)F)c1. The molecule has 0 saturated carbocycles. The first-order valence-corrected chi connectivity index (χ1v) is 7.52. The number of alkyl halides is 3. The van der Waals surface area contributed by atoms with Gasteiger partial charge >= 0.3 is 6.36 Å². The van der Waals surface area contributed by atoms with E-state index in [1.165, 1.54) is 37.7 Å². The standard InChI is InChI=1S/C18H12F4N2O3/c1-26-17-15(10-3-2-4-12(7-10)27-18(20,21)22)11(8-13(19)16(17)25)9-14-23-5-6-24-14/h2-9,25H,1H3. The molecule has 5 nitrogen and oxygen atoms in total. The van der Waals surface area contributed by atoms with Gasteiger partial charge in [-0.1, -0.05) is 12.1 Å². The Morgan fingerprint density at radius 3 is 2.44 bits per heavy atom. The van der Waals surface area contributed by atoms with E-state index in [1.54, 1.807) is 0 Å². The van der Waals surface area contributed by atoms with Crippen LogP contribution in [-0.2, 0) is 0 Å². The molecule has 0 aliphatic carbocycles. The van der Waals surface area contributed by atoms with Gasteiger partial charge in [-0.15, -0.1) is 13.2 Å². The zero-order chi connectivity index (χ0) is 19.6. The number of halogens is 4. The highest BCUT2D eigenvalue weighted by atomic mass is 19.4. The van der Waals surface area contributed by atoms with Gasteiger partial charge in [0.2, 0.25) is 0 Å². The second-order valence-corrected chi connectivity index (χ2v) is 5.34. The number of aromatic hydroxyl groups is 1. The van der Waals surface area contributed by atoms with E-state index < -0.39 is 23.7 Å². The van der Waals surface area contributed by atoms with E-state index in [-0.39, 0.29) is 28.3 Å². The fourth-order valence-corrected chi connectivity index (χ4v) is 2.56. The first-order valence-electron chi connectivity index (χ1n) is 7.52. The zero-order valence-corrected chi connectivity index (χ0v) is 13.8. The lowest BCUT2D eigenvalue weighted by molar-refractivity contribution is -0.274. The van der Waals surface area contributed by atoms with Crippen LogP contribution in [0.15, 0.2) is 46.1 Å². The average Bonchev–Trinajstić information content (AvgIpc) is 3.09. The molecular formula is C18H12F4N2O3. The van der Waals surface area contributed by atoms with Crippen molar-refractivity contribution < 1.29 is 32.1 Å². The van der Waals surface area contributed by atoms with E-state index in [0.29, 0.717) is 0 Å². The minimum absolute atomic E-state index is 0.161. The molecule has 0 saturated heterocycles. The summed E-state index contributed by atoms with van der Waals surface area (Å²) in [6, 6.07) is 6.05. The number of nitrogens with zero attached hydrogens (tertiary/aromatic N) is 2. The number of phenols is 1. The first kappa shape index (κ1) is 18.4. The average molecular weight is 380 g/mol. The molecule has 0 unspecified atom stereocenters. The fraction of sp³-hybridized carbons (Fsp3) is 0.111. The lowest BCUT2D eigenvalue weighted by Gasteiger charge is -2.16. The van der Waals surface area contributed by atoms with Gasteiger partial charge in [-0.2, -0.15) is 0 Å².